The molecule has 9 nitrogen and oxygen atoms in total. The van der Waals surface area contributed by atoms with Gasteiger partial charge in [-0.1, -0.05) is 72.8 Å². The second kappa shape index (κ2) is 13.1. The summed E-state index contributed by atoms with van der Waals surface area (Å²) >= 11 is 0. The number of benzene rings is 4. The number of ether oxygens (including phenoxy) is 5. The van der Waals surface area contributed by atoms with Gasteiger partial charge in [0, 0.05) is 0 Å². The first kappa shape index (κ1) is 29.2. The van der Waals surface area contributed by atoms with E-state index in [4.69, 9.17) is 23.7 Å². The van der Waals surface area contributed by atoms with Gasteiger partial charge >= 0.3 is 23.9 Å². The van der Waals surface area contributed by atoms with Crippen LogP contribution in [0.25, 0.3) is 0 Å². The second-order valence-electron chi connectivity index (χ2n) is 9.87. The third-order valence-corrected chi connectivity index (χ3v) is 6.85. The largest absolute Gasteiger partial charge is 0.459 e. The highest BCUT2D eigenvalue weighted by molar-refractivity contribution is 5.91. The Labute approximate surface area is 247 Å². The Morgan fingerprint density at radius 1 is 0.581 bits per heavy atom. The van der Waals surface area contributed by atoms with E-state index < -0.39 is 54.6 Å². The van der Waals surface area contributed by atoms with E-state index >= 15 is 0 Å². The van der Waals surface area contributed by atoms with Crippen molar-refractivity contribution < 1.29 is 42.9 Å². The summed E-state index contributed by atoms with van der Waals surface area (Å²) in [7, 11) is 0. The van der Waals surface area contributed by atoms with Gasteiger partial charge in [-0.3, -0.25) is 0 Å². The summed E-state index contributed by atoms with van der Waals surface area (Å²) < 4.78 is 29.1. The molecule has 4 aromatic rings. The Morgan fingerprint density at radius 2 is 0.977 bits per heavy atom. The van der Waals surface area contributed by atoms with Crippen molar-refractivity contribution in [2.24, 2.45) is 0 Å². The summed E-state index contributed by atoms with van der Waals surface area (Å²) in [6.45, 7) is 1.04. The lowest BCUT2D eigenvalue weighted by molar-refractivity contribution is -0.175. The van der Waals surface area contributed by atoms with Gasteiger partial charge in [0.2, 0.25) is 11.9 Å². The van der Waals surface area contributed by atoms with Crippen molar-refractivity contribution in [3.63, 3.8) is 0 Å². The molecule has 0 amide bonds. The number of esters is 4. The summed E-state index contributed by atoms with van der Waals surface area (Å²) in [6, 6.07) is 32.8. The van der Waals surface area contributed by atoms with Gasteiger partial charge in [0.25, 0.3) is 0 Å². The van der Waals surface area contributed by atoms with Crippen LogP contribution in [0.15, 0.2) is 121 Å². The number of hydrogen-bond acceptors (Lipinski definition) is 9. The second-order valence-corrected chi connectivity index (χ2v) is 9.87. The fourth-order valence-electron chi connectivity index (χ4n) is 4.58. The number of carbonyl (C=O) groups excluding carboxylic acids is 4. The zero-order valence-corrected chi connectivity index (χ0v) is 23.2. The van der Waals surface area contributed by atoms with Crippen molar-refractivity contribution in [1.82, 2.24) is 0 Å². The molecule has 5 rings (SSSR count). The molecule has 0 saturated carbocycles. The van der Waals surface area contributed by atoms with Gasteiger partial charge < -0.3 is 23.7 Å². The number of hydrogen-bond donors (Lipinski definition) is 0. The Bertz CT molecular complexity index is 1560. The van der Waals surface area contributed by atoms with Crippen LogP contribution in [0.1, 0.15) is 48.4 Å². The van der Waals surface area contributed by atoms with E-state index in [1.165, 1.54) is 6.92 Å². The van der Waals surface area contributed by atoms with Crippen molar-refractivity contribution in [2.45, 2.75) is 31.0 Å². The molecule has 0 bridgehead atoms. The molecule has 1 fully saturated rings. The van der Waals surface area contributed by atoms with E-state index in [0.717, 1.165) is 0 Å². The number of rotatable bonds is 9. The maximum absolute atomic E-state index is 13.3. The predicted molar refractivity (Wildman–Crippen MR) is 153 cm³/mol. The van der Waals surface area contributed by atoms with E-state index in [-0.39, 0.29) is 16.7 Å². The summed E-state index contributed by atoms with van der Waals surface area (Å²) in [5.41, 5.74) is -0.901. The topological polar surface area (TPSA) is 114 Å². The first-order valence-corrected chi connectivity index (χ1v) is 13.5. The minimum atomic E-state index is -1.86. The molecule has 218 valence electrons. The van der Waals surface area contributed by atoms with Crippen LogP contribution in [-0.2, 0) is 23.7 Å². The van der Waals surface area contributed by atoms with Gasteiger partial charge in [-0.2, -0.15) is 0 Å². The normalized spacial score (nSPS) is 20.9. The zero-order valence-electron chi connectivity index (χ0n) is 23.2. The highest BCUT2D eigenvalue weighted by Crippen LogP contribution is 2.39. The van der Waals surface area contributed by atoms with Gasteiger partial charge in [-0.25, -0.2) is 19.2 Å². The monoisotopic (exact) mass is 580 g/mol. The summed E-state index contributed by atoms with van der Waals surface area (Å²) in [4.78, 5) is 52.5. The van der Waals surface area contributed by atoms with Crippen LogP contribution in [-0.4, -0.2) is 54.6 Å². The smallest absolute Gasteiger partial charge is 0.340 e. The van der Waals surface area contributed by atoms with E-state index in [9.17, 15) is 19.2 Å². The molecule has 1 aliphatic rings. The Balaban J connectivity index is 1.48. The minimum Gasteiger partial charge on any atom is -0.459 e. The minimum absolute atomic E-state index is 0.212. The summed E-state index contributed by atoms with van der Waals surface area (Å²) in [6.07, 6.45) is -4.07. The molecular weight excluding hydrogens is 552 g/mol. The molecule has 0 radical (unpaired) electrons. The van der Waals surface area contributed by atoms with E-state index in [1.54, 1.807) is 121 Å². The third-order valence-electron chi connectivity index (χ3n) is 6.85. The van der Waals surface area contributed by atoms with E-state index in [2.05, 4.69) is 0 Å². The van der Waals surface area contributed by atoms with Crippen molar-refractivity contribution in [3.05, 3.63) is 144 Å². The molecule has 0 aromatic heterocycles. The Hall–Kier alpha value is -5.28. The lowest BCUT2D eigenvalue weighted by Crippen LogP contribution is -2.53. The molecule has 1 saturated heterocycles. The molecular formula is C34H28O9. The third kappa shape index (κ3) is 6.79. The Morgan fingerprint density at radius 3 is 1.44 bits per heavy atom. The molecule has 43 heavy (non-hydrogen) atoms. The van der Waals surface area contributed by atoms with Gasteiger partial charge in [-0.15, -0.1) is 0 Å². The van der Waals surface area contributed by atoms with Crippen molar-refractivity contribution in [3.8, 4) is 0 Å². The molecule has 4 aromatic carbocycles. The molecule has 1 heterocycles. The van der Waals surface area contributed by atoms with Crippen molar-refractivity contribution in [1.29, 1.82) is 0 Å². The molecule has 4 atom stereocenters. The quantitative estimate of drug-likeness (QED) is 0.193. The van der Waals surface area contributed by atoms with Gasteiger partial charge in [-0.05, 0) is 55.5 Å². The van der Waals surface area contributed by atoms with Crippen molar-refractivity contribution in [2.75, 3.05) is 6.61 Å². The fraction of sp³-hybridized carbons (Fsp3) is 0.176. The zero-order chi connectivity index (χ0) is 30.2. The Kier molecular flexibility index (Phi) is 8.93. The average molecular weight is 581 g/mol. The maximum Gasteiger partial charge on any atom is 0.340 e. The number of carbonyl (C=O) groups is 4. The maximum atomic E-state index is 13.3. The molecule has 3 unspecified atom stereocenters. The van der Waals surface area contributed by atoms with Crippen molar-refractivity contribution >= 4 is 23.9 Å². The average Bonchev–Trinajstić information content (AvgIpc) is 3.30. The standard InChI is InChI=1S/C34H28O9/c1-34(43-32(38)26-20-12-5-13-21-26)28(41-30(36)24-16-8-3-9-17-24)27(22-39-29(35)23-14-6-2-7-15-23)40-33(34)42-31(37)25-18-10-4-11-19-25/h2-21,27-28,33H,22H2,1H3/t27?,28?,33?,34-/m1/s1. The van der Waals surface area contributed by atoms with Crippen LogP contribution in [0.4, 0.5) is 0 Å². The summed E-state index contributed by atoms with van der Waals surface area (Å²) in [5.74, 6) is -2.92. The van der Waals surface area contributed by atoms with E-state index in [1.807, 2.05) is 0 Å². The van der Waals surface area contributed by atoms with E-state index in [0.29, 0.717) is 5.56 Å². The van der Waals surface area contributed by atoms with Crippen LogP contribution < -0.4 is 0 Å². The van der Waals surface area contributed by atoms with Crippen LogP contribution in [0, 0.1) is 0 Å². The molecule has 0 aliphatic carbocycles. The SMILES string of the molecule is C[C@]1(OC(=O)c2ccccc2)C(OC(=O)c2ccccc2)OC(COC(=O)c2ccccc2)C1OC(=O)c1ccccc1. The first-order valence-electron chi connectivity index (χ1n) is 13.5. The summed E-state index contributed by atoms with van der Waals surface area (Å²) in [5, 5.41) is 0. The highest BCUT2D eigenvalue weighted by Gasteiger charge is 2.61. The first-order chi connectivity index (χ1) is 20.8. The molecule has 0 spiro atoms. The van der Waals surface area contributed by atoms with Gasteiger partial charge in [0.1, 0.15) is 12.7 Å². The highest BCUT2D eigenvalue weighted by atomic mass is 16.8. The molecule has 9 heteroatoms. The lowest BCUT2D eigenvalue weighted by atomic mass is 9.96. The molecule has 0 N–H and O–H groups in total. The fourth-order valence-corrected chi connectivity index (χ4v) is 4.58. The lowest BCUT2D eigenvalue weighted by Gasteiger charge is -2.33. The van der Waals surface area contributed by atoms with Crippen LogP contribution in [0.2, 0.25) is 0 Å². The predicted octanol–water partition coefficient (Wildman–Crippen LogP) is 5.27. The van der Waals surface area contributed by atoms with Crippen LogP contribution in [0.5, 0.6) is 0 Å². The van der Waals surface area contributed by atoms with Crippen LogP contribution in [0.3, 0.4) is 0 Å². The van der Waals surface area contributed by atoms with Crippen LogP contribution >= 0.6 is 0 Å². The van der Waals surface area contributed by atoms with Gasteiger partial charge in [0.05, 0.1) is 22.3 Å². The molecule has 1 aliphatic heterocycles. The van der Waals surface area contributed by atoms with Gasteiger partial charge in [0.15, 0.2) is 6.10 Å².